The molecule has 2 N–H and O–H groups in total. The van der Waals surface area contributed by atoms with Gasteiger partial charge >= 0.3 is 0 Å². The fraction of sp³-hybridized carbons (Fsp3) is 0.412. The Morgan fingerprint density at radius 3 is 2.15 bits per heavy atom. The highest BCUT2D eigenvalue weighted by Crippen LogP contribution is 2.38. The van der Waals surface area contributed by atoms with Gasteiger partial charge in [0, 0.05) is 11.4 Å². The molecule has 0 aliphatic carbocycles. The van der Waals surface area contributed by atoms with Crippen LogP contribution in [0.15, 0.2) is 18.2 Å². The highest BCUT2D eigenvalue weighted by atomic mass is 35.5. The number of ether oxygens (including phenoxy) is 3. The fourth-order valence-corrected chi connectivity index (χ4v) is 3.76. The number of benzene rings is 1. The molecule has 5 nitrogen and oxygen atoms in total. The first-order chi connectivity index (χ1) is 12.0. The second kappa shape index (κ2) is 11.1. The van der Waals surface area contributed by atoms with Crippen LogP contribution in [-0.2, 0) is 6.42 Å². The minimum absolute atomic E-state index is 0. The van der Waals surface area contributed by atoms with Crippen LogP contribution in [0.1, 0.15) is 16.5 Å². The van der Waals surface area contributed by atoms with Crippen molar-refractivity contribution < 1.29 is 19.3 Å². The van der Waals surface area contributed by atoms with Gasteiger partial charge < -0.3 is 24.6 Å². The van der Waals surface area contributed by atoms with Gasteiger partial charge in [0.15, 0.2) is 11.5 Å². The molecule has 0 radical (unpaired) electrons. The standard InChI is InChI=1S/C17H21Cl2NO4S.ClH/c1-22-13-6-10(7-14(23-2)16(13)24-3)4-5-20-9-12(21)15-8-11(18)17(19)25-15;/h6-8,12,20-21H,4-5,9H2,1-3H3;1H. The average molecular weight is 443 g/mol. The molecule has 0 aliphatic heterocycles. The summed E-state index contributed by atoms with van der Waals surface area (Å²) in [7, 11) is 4.76. The molecule has 9 heteroatoms. The molecular formula is C17H22Cl3NO4S. The minimum atomic E-state index is -0.644. The molecule has 0 fully saturated rings. The van der Waals surface area contributed by atoms with Crippen molar-refractivity contribution in [3.63, 3.8) is 0 Å². The predicted octanol–water partition coefficient (Wildman–Crippen LogP) is 4.37. The van der Waals surface area contributed by atoms with Crippen LogP contribution in [0.4, 0.5) is 0 Å². The van der Waals surface area contributed by atoms with E-state index in [1.807, 2.05) is 12.1 Å². The number of halogens is 3. The third kappa shape index (κ3) is 5.81. The number of hydrogen-bond donors (Lipinski definition) is 2. The molecule has 2 aromatic rings. The van der Waals surface area contributed by atoms with Crippen LogP contribution in [0, 0.1) is 0 Å². The van der Waals surface area contributed by atoms with Crippen molar-refractivity contribution in [3.8, 4) is 17.2 Å². The van der Waals surface area contributed by atoms with Crippen molar-refractivity contribution in [2.24, 2.45) is 0 Å². The predicted molar refractivity (Wildman–Crippen MR) is 109 cm³/mol. The normalized spacial score (nSPS) is 11.6. The molecule has 26 heavy (non-hydrogen) atoms. The third-order valence-corrected chi connectivity index (χ3v) is 5.61. The quantitative estimate of drug-likeness (QED) is 0.565. The number of aliphatic hydroxyl groups is 1. The largest absolute Gasteiger partial charge is 0.493 e. The maximum Gasteiger partial charge on any atom is 0.203 e. The molecular weight excluding hydrogens is 421 g/mol. The molecule has 0 saturated carbocycles. The van der Waals surface area contributed by atoms with Gasteiger partial charge in [0.05, 0.1) is 26.4 Å². The van der Waals surface area contributed by atoms with Crippen LogP contribution in [0.25, 0.3) is 0 Å². The lowest BCUT2D eigenvalue weighted by molar-refractivity contribution is 0.179. The van der Waals surface area contributed by atoms with Crippen LogP contribution in [0.5, 0.6) is 17.2 Å². The topological polar surface area (TPSA) is 60.0 Å². The minimum Gasteiger partial charge on any atom is -0.493 e. The van der Waals surface area contributed by atoms with Gasteiger partial charge in [-0.15, -0.1) is 23.7 Å². The van der Waals surface area contributed by atoms with Crippen LogP contribution in [0.2, 0.25) is 9.36 Å². The van der Waals surface area contributed by atoms with Crippen LogP contribution >= 0.6 is 46.9 Å². The van der Waals surface area contributed by atoms with E-state index in [0.29, 0.717) is 39.7 Å². The molecule has 2 rings (SSSR count). The second-order valence-electron chi connectivity index (χ2n) is 5.27. The Bertz CT molecular complexity index is 667. The van der Waals surface area contributed by atoms with E-state index < -0.39 is 6.10 Å². The Labute approximate surface area is 173 Å². The lowest BCUT2D eigenvalue weighted by Gasteiger charge is -2.14. The van der Waals surface area contributed by atoms with Crippen molar-refractivity contribution in [1.82, 2.24) is 5.32 Å². The zero-order valence-corrected chi connectivity index (χ0v) is 17.8. The molecule has 1 aromatic carbocycles. The zero-order chi connectivity index (χ0) is 18.4. The third-order valence-electron chi connectivity index (χ3n) is 3.65. The van der Waals surface area contributed by atoms with E-state index in [1.165, 1.54) is 11.3 Å². The van der Waals surface area contributed by atoms with Crippen molar-refractivity contribution in [1.29, 1.82) is 0 Å². The van der Waals surface area contributed by atoms with Gasteiger partial charge in [0.2, 0.25) is 5.75 Å². The first-order valence-corrected chi connectivity index (χ1v) is 9.19. The number of aliphatic hydroxyl groups excluding tert-OH is 1. The number of nitrogens with one attached hydrogen (secondary N) is 1. The smallest absolute Gasteiger partial charge is 0.203 e. The lowest BCUT2D eigenvalue weighted by atomic mass is 10.1. The number of methoxy groups -OCH3 is 3. The molecule has 1 heterocycles. The molecule has 0 saturated heterocycles. The maximum absolute atomic E-state index is 10.2. The van der Waals surface area contributed by atoms with E-state index >= 15 is 0 Å². The summed E-state index contributed by atoms with van der Waals surface area (Å²) in [5.41, 5.74) is 1.04. The Hall–Kier alpha value is -0.890. The van der Waals surface area contributed by atoms with Gasteiger partial charge in [0.25, 0.3) is 0 Å². The molecule has 146 valence electrons. The highest BCUT2D eigenvalue weighted by molar-refractivity contribution is 7.17. The summed E-state index contributed by atoms with van der Waals surface area (Å²) in [6, 6.07) is 5.52. The van der Waals surface area contributed by atoms with Crippen LogP contribution in [-0.4, -0.2) is 39.5 Å². The van der Waals surface area contributed by atoms with Gasteiger partial charge in [0.1, 0.15) is 10.4 Å². The van der Waals surface area contributed by atoms with E-state index in [0.717, 1.165) is 16.9 Å². The molecule has 0 spiro atoms. The number of hydrogen-bond acceptors (Lipinski definition) is 6. The number of rotatable bonds is 9. The lowest BCUT2D eigenvalue weighted by Crippen LogP contribution is -2.23. The van der Waals surface area contributed by atoms with Crippen molar-refractivity contribution in [3.05, 3.63) is 38.0 Å². The van der Waals surface area contributed by atoms with Gasteiger partial charge in [-0.25, -0.2) is 0 Å². The molecule has 0 aliphatic rings. The van der Waals surface area contributed by atoms with Gasteiger partial charge in [-0.05, 0) is 36.7 Å². The summed E-state index contributed by atoms with van der Waals surface area (Å²) in [5.74, 6) is 1.82. The van der Waals surface area contributed by atoms with Crippen LogP contribution in [0.3, 0.4) is 0 Å². The summed E-state index contributed by atoms with van der Waals surface area (Å²) < 4.78 is 16.5. The highest BCUT2D eigenvalue weighted by Gasteiger charge is 2.14. The van der Waals surface area contributed by atoms with Gasteiger partial charge in [-0.2, -0.15) is 0 Å². The Kier molecular flexibility index (Phi) is 9.85. The Balaban J connectivity index is 0.00000338. The Morgan fingerprint density at radius 2 is 1.69 bits per heavy atom. The van der Waals surface area contributed by atoms with E-state index in [9.17, 15) is 5.11 Å². The van der Waals surface area contributed by atoms with E-state index in [2.05, 4.69) is 5.32 Å². The molecule has 0 bridgehead atoms. The van der Waals surface area contributed by atoms with Crippen molar-refractivity contribution >= 4 is 46.9 Å². The summed E-state index contributed by atoms with van der Waals surface area (Å²) in [4.78, 5) is 0.746. The summed E-state index contributed by atoms with van der Waals surface area (Å²) in [6.45, 7) is 1.10. The first kappa shape index (κ1) is 23.1. The zero-order valence-electron chi connectivity index (χ0n) is 14.7. The molecule has 1 aromatic heterocycles. The molecule has 1 atom stereocenters. The molecule has 1 unspecified atom stereocenters. The van der Waals surface area contributed by atoms with Crippen molar-refractivity contribution in [2.45, 2.75) is 12.5 Å². The summed E-state index contributed by atoms with van der Waals surface area (Å²) >= 11 is 13.1. The average Bonchev–Trinajstić information content (AvgIpc) is 2.96. The van der Waals surface area contributed by atoms with Crippen molar-refractivity contribution in [2.75, 3.05) is 34.4 Å². The SMILES string of the molecule is COc1cc(CCNCC(O)c2cc(Cl)c(Cl)s2)cc(OC)c1OC.Cl. The molecule has 0 amide bonds. The maximum atomic E-state index is 10.2. The Morgan fingerprint density at radius 1 is 1.08 bits per heavy atom. The van der Waals surface area contributed by atoms with E-state index in [-0.39, 0.29) is 12.4 Å². The fourth-order valence-electron chi connectivity index (χ4n) is 2.38. The summed E-state index contributed by atoms with van der Waals surface area (Å²) in [5, 5.41) is 13.9. The van der Waals surface area contributed by atoms with Gasteiger partial charge in [-0.1, -0.05) is 23.2 Å². The number of thiophene rings is 1. The van der Waals surface area contributed by atoms with Gasteiger partial charge in [-0.3, -0.25) is 0 Å². The first-order valence-electron chi connectivity index (χ1n) is 7.62. The second-order valence-corrected chi connectivity index (χ2v) is 7.37. The van der Waals surface area contributed by atoms with Crippen LogP contribution < -0.4 is 19.5 Å². The van der Waals surface area contributed by atoms with E-state index in [4.69, 9.17) is 37.4 Å². The monoisotopic (exact) mass is 441 g/mol. The van der Waals surface area contributed by atoms with E-state index in [1.54, 1.807) is 27.4 Å². The summed E-state index contributed by atoms with van der Waals surface area (Å²) in [6.07, 6.45) is 0.102.